The zero-order chi connectivity index (χ0) is 33.5. The molecular formula is C40H43ClN2O5. The molecule has 1 saturated carbocycles. The molecule has 2 heterocycles. The standard InChI is InChI=1S/C40H43ClN2O5/c1-2-3-21-47-33-18-19-37-35(24-33)36(44)25-38(48-37)40(46)42-32(23-28-12-16-31(41)17-13-28)22-27-10-14-29(15-11-27)34-8-5-4-7-30(34)26-43-20-6-9-39(43)45/h4-5,7-8,12-13,16-19,22,24-25,29,32H,2-3,6,9-11,14-15,20-21,23,26H2,1H3,(H,42,46)/t29?,32-/m0/s1. The molecule has 250 valence electrons. The van der Waals surface area contributed by atoms with Gasteiger partial charge in [0.05, 0.1) is 18.0 Å². The van der Waals surface area contributed by atoms with Crippen LogP contribution in [0.15, 0.2) is 93.7 Å². The van der Waals surface area contributed by atoms with Crippen LogP contribution < -0.4 is 15.5 Å². The molecule has 2 aliphatic rings. The van der Waals surface area contributed by atoms with Crippen LogP contribution in [0.4, 0.5) is 0 Å². The molecule has 0 unspecified atom stereocenters. The highest BCUT2D eigenvalue weighted by atomic mass is 35.5. The van der Waals surface area contributed by atoms with Crippen LogP contribution in [-0.4, -0.2) is 35.9 Å². The molecule has 0 spiro atoms. The number of halogens is 1. The van der Waals surface area contributed by atoms with Crippen molar-refractivity contribution < 1.29 is 18.7 Å². The molecule has 1 aromatic heterocycles. The average Bonchev–Trinajstić information content (AvgIpc) is 3.50. The molecule has 2 fully saturated rings. The minimum Gasteiger partial charge on any atom is -0.494 e. The number of likely N-dealkylation sites (tertiary alicyclic amines) is 1. The van der Waals surface area contributed by atoms with E-state index in [2.05, 4.69) is 42.6 Å². The predicted octanol–water partition coefficient (Wildman–Crippen LogP) is 8.37. The number of allylic oxidation sites excluding steroid dienone is 1. The van der Waals surface area contributed by atoms with Crippen LogP contribution in [-0.2, 0) is 17.8 Å². The summed E-state index contributed by atoms with van der Waals surface area (Å²) in [5.74, 6) is 0.812. The van der Waals surface area contributed by atoms with E-state index >= 15 is 0 Å². The fraction of sp³-hybridized carbons (Fsp3) is 0.375. The summed E-state index contributed by atoms with van der Waals surface area (Å²) >= 11 is 6.15. The van der Waals surface area contributed by atoms with Crippen LogP contribution >= 0.6 is 11.6 Å². The van der Waals surface area contributed by atoms with Gasteiger partial charge in [-0.05, 0) is 97.9 Å². The fourth-order valence-electron chi connectivity index (χ4n) is 6.84. The summed E-state index contributed by atoms with van der Waals surface area (Å²) in [4.78, 5) is 40.9. The van der Waals surface area contributed by atoms with E-state index in [1.807, 2.05) is 29.2 Å². The van der Waals surface area contributed by atoms with E-state index in [4.69, 9.17) is 20.8 Å². The van der Waals surface area contributed by atoms with E-state index in [-0.39, 0.29) is 23.1 Å². The minimum atomic E-state index is -0.438. The lowest BCUT2D eigenvalue weighted by atomic mass is 9.79. The minimum absolute atomic E-state index is 0.0246. The van der Waals surface area contributed by atoms with E-state index < -0.39 is 5.91 Å². The lowest BCUT2D eigenvalue weighted by molar-refractivity contribution is -0.128. The first-order valence-electron chi connectivity index (χ1n) is 17.2. The van der Waals surface area contributed by atoms with Crippen molar-refractivity contribution in [3.63, 3.8) is 0 Å². The van der Waals surface area contributed by atoms with E-state index in [0.29, 0.717) is 53.7 Å². The summed E-state index contributed by atoms with van der Waals surface area (Å²) in [6.07, 6.45) is 10.1. The molecule has 0 radical (unpaired) electrons. The summed E-state index contributed by atoms with van der Waals surface area (Å²) in [6, 6.07) is 22.2. The van der Waals surface area contributed by atoms with E-state index in [9.17, 15) is 14.4 Å². The molecule has 1 N–H and O–H groups in total. The summed E-state index contributed by atoms with van der Waals surface area (Å²) in [5, 5.41) is 4.17. The summed E-state index contributed by atoms with van der Waals surface area (Å²) in [5.41, 5.74) is 4.98. The highest BCUT2D eigenvalue weighted by Crippen LogP contribution is 2.38. The van der Waals surface area contributed by atoms with Gasteiger partial charge in [0.2, 0.25) is 5.91 Å². The maximum absolute atomic E-state index is 13.6. The maximum Gasteiger partial charge on any atom is 0.287 e. The van der Waals surface area contributed by atoms with Crippen LogP contribution in [0.3, 0.4) is 0 Å². The van der Waals surface area contributed by atoms with Crippen LogP contribution in [0.1, 0.15) is 91.5 Å². The molecule has 4 aromatic rings. The first-order valence-corrected chi connectivity index (χ1v) is 17.5. The van der Waals surface area contributed by atoms with Crippen molar-refractivity contribution in [2.24, 2.45) is 0 Å². The van der Waals surface area contributed by atoms with Crippen molar-refractivity contribution in [2.75, 3.05) is 13.2 Å². The Morgan fingerprint density at radius 3 is 2.58 bits per heavy atom. The van der Waals surface area contributed by atoms with Crippen LogP contribution in [0, 0.1) is 0 Å². The quantitative estimate of drug-likeness (QED) is 0.121. The second kappa shape index (κ2) is 15.7. The molecule has 3 aromatic carbocycles. The number of ether oxygens (including phenoxy) is 1. The van der Waals surface area contributed by atoms with Gasteiger partial charge in [-0.1, -0.05) is 73.0 Å². The molecule has 8 heteroatoms. The van der Waals surface area contributed by atoms with Gasteiger partial charge in [-0.15, -0.1) is 0 Å². The summed E-state index contributed by atoms with van der Waals surface area (Å²) in [6.45, 7) is 4.19. The SMILES string of the molecule is CCCCOc1ccc2oc(C(=O)N[C@@H](C=C3CCC(c4ccccc4CN4CCCC4=O)CC3)Cc3ccc(Cl)cc3)cc(=O)c2c1. The third kappa shape index (κ3) is 8.37. The monoisotopic (exact) mass is 666 g/mol. The van der Waals surface area contributed by atoms with Gasteiger partial charge in [0.25, 0.3) is 5.91 Å². The Kier molecular flexibility index (Phi) is 11.0. The van der Waals surface area contributed by atoms with Crippen molar-refractivity contribution in [3.05, 3.63) is 122 Å². The predicted molar refractivity (Wildman–Crippen MR) is 190 cm³/mol. The second-order valence-corrected chi connectivity index (χ2v) is 13.4. The number of hydrogen-bond acceptors (Lipinski definition) is 5. The average molecular weight is 667 g/mol. The first kappa shape index (κ1) is 33.5. The zero-order valence-corrected chi connectivity index (χ0v) is 28.3. The van der Waals surface area contributed by atoms with Gasteiger partial charge in [0.1, 0.15) is 11.3 Å². The number of nitrogens with one attached hydrogen (secondary N) is 1. The molecule has 1 atom stereocenters. The Hall–Kier alpha value is -4.36. The number of carbonyl (C=O) groups excluding carboxylic acids is 2. The van der Waals surface area contributed by atoms with E-state index in [1.165, 1.54) is 22.8 Å². The lowest BCUT2D eigenvalue weighted by Gasteiger charge is -2.28. The summed E-state index contributed by atoms with van der Waals surface area (Å²) in [7, 11) is 0. The van der Waals surface area contributed by atoms with Gasteiger partial charge >= 0.3 is 0 Å². The molecule has 2 amide bonds. The Labute approximate surface area is 286 Å². The van der Waals surface area contributed by atoms with Crippen molar-refractivity contribution in [3.8, 4) is 5.75 Å². The topological polar surface area (TPSA) is 88.8 Å². The normalized spacial score (nSPS) is 17.0. The molecule has 0 bridgehead atoms. The fourth-order valence-corrected chi connectivity index (χ4v) is 6.97. The van der Waals surface area contributed by atoms with Gasteiger partial charge in [0.15, 0.2) is 11.2 Å². The maximum atomic E-state index is 13.6. The van der Waals surface area contributed by atoms with E-state index in [1.54, 1.807) is 18.2 Å². The second-order valence-electron chi connectivity index (χ2n) is 13.0. The third-order valence-corrected chi connectivity index (χ3v) is 9.72. The first-order chi connectivity index (χ1) is 23.4. The van der Waals surface area contributed by atoms with Gasteiger partial charge in [-0.2, -0.15) is 0 Å². The smallest absolute Gasteiger partial charge is 0.287 e. The molecule has 6 rings (SSSR count). The highest BCUT2D eigenvalue weighted by molar-refractivity contribution is 6.30. The van der Waals surface area contributed by atoms with Crippen molar-refractivity contribution in [2.45, 2.75) is 83.2 Å². The van der Waals surface area contributed by atoms with Crippen LogP contribution in [0.2, 0.25) is 5.02 Å². The largest absolute Gasteiger partial charge is 0.494 e. The van der Waals surface area contributed by atoms with Crippen molar-refractivity contribution >= 4 is 34.4 Å². The zero-order valence-electron chi connectivity index (χ0n) is 27.5. The highest BCUT2D eigenvalue weighted by Gasteiger charge is 2.25. The third-order valence-electron chi connectivity index (χ3n) is 9.47. The number of benzene rings is 3. The molecule has 1 saturated heterocycles. The lowest BCUT2D eigenvalue weighted by Crippen LogP contribution is -2.36. The number of unbranched alkanes of at least 4 members (excludes halogenated alkanes) is 1. The Balaban J connectivity index is 1.17. The van der Waals surface area contributed by atoms with Gasteiger partial charge < -0.3 is 19.4 Å². The number of carbonyl (C=O) groups is 2. The number of nitrogens with zero attached hydrogens (tertiary/aromatic N) is 1. The number of amides is 2. The van der Waals surface area contributed by atoms with Crippen LogP contribution in [0.25, 0.3) is 11.0 Å². The Bertz CT molecular complexity index is 1840. The molecular weight excluding hydrogens is 624 g/mol. The molecule has 1 aliphatic heterocycles. The number of fused-ring (bicyclic) bond motifs is 1. The Morgan fingerprint density at radius 1 is 1.04 bits per heavy atom. The van der Waals surface area contributed by atoms with Crippen molar-refractivity contribution in [1.82, 2.24) is 10.2 Å². The summed E-state index contributed by atoms with van der Waals surface area (Å²) < 4.78 is 11.7. The van der Waals surface area contributed by atoms with Gasteiger partial charge in [0, 0.05) is 30.6 Å². The van der Waals surface area contributed by atoms with Gasteiger partial charge in [-0.25, -0.2) is 0 Å². The van der Waals surface area contributed by atoms with Crippen molar-refractivity contribution in [1.29, 1.82) is 0 Å². The van der Waals surface area contributed by atoms with Crippen LogP contribution in [0.5, 0.6) is 5.75 Å². The van der Waals surface area contributed by atoms with E-state index in [0.717, 1.165) is 57.1 Å². The molecule has 48 heavy (non-hydrogen) atoms. The Morgan fingerprint density at radius 2 is 1.83 bits per heavy atom. The number of rotatable bonds is 12. The molecule has 7 nitrogen and oxygen atoms in total. The number of hydrogen-bond donors (Lipinski definition) is 1. The molecule has 1 aliphatic carbocycles. The van der Waals surface area contributed by atoms with Gasteiger partial charge in [-0.3, -0.25) is 14.4 Å².